The van der Waals surface area contributed by atoms with Gasteiger partial charge < -0.3 is 14.8 Å². The molecule has 1 aromatic heterocycles. The lowest BCUT2D eigenvalue weighted by molar-refractivity contribution is -0.115. The number of ether oxygens (including phenoxy) is 2. The second kappa shape index (κ2) is 8.53. The van der Waals surface area contributed by atoms with Crippen LogP contribution in [0.25, 0.3) is 0 Å². The van der Waals surface area contributed by atoms with E-state index in [1.807, 2.05) is 26.0 Å². The molecule has 1 N–H and O–H groups in total. The zero-order valence-corrected chi connectivity index (χ0v) is 14.7. The SMILES string of the molecule is CCOc1cc(Br)c(CC(=O)Nc2cccnc2)cc1OCC. The van der Waals surface area contributed by atoms with E-state index >= 15 is 0 Å². The van der Waals surface area contributed by atoms with Gasteiger partial charge in [0.25, 0.3) is 0 Å². The van der Waals surface area contributed by atoms with Gasteiger partial charge in [0.1, 0.15) is 0 Å². The lowest BCUT2D eigenvalue weighted by Crippen LogP contribution is -2.15. The smallest absolute Gasteiger partial charge is 0.228 e. The van der Waals surface area contributed by atoms with E-state index in [1.165, 1.54) is 0 Å². The largest absolute Gasteiger partial charge is 0.490 e. The van der Waals surface area contributed by atoms with Crippen LogP contribution >= 0.6 is 15.9 Å². The summed E-state index contributed by atoms with van der Waals surface area (Å²) in [4.78, 5) is 16.2. The predicted molar refractivity (Wildman–Crippen MR) is 93.1 cm³/mol. The Morgan fingerprint density at radius 3 is 2.52 bits per heavy atom. The molecular weight excluding hydrogens is 360 g/mol. The Labute approximate surface area is 144 Å². The Balaban J connectivity index is 2.15. The molecular formula is C17H19BrN2O3. The van der Waals surface area contributed by atoms with E-state index < -0.39 is 0 Å². The van der Waals surface area contributed by atoms with Crippen LogP contribution in [0.2, 0.25) is 0 Å². The number of benzene rings is 1. The summed E-state index contributed by atoms with van der Waals surface area (Å²) in [6.07, 6.45) is 3.49. The second-order valence-electron chi connectivity index (χ2n) is 4.72. The number of anilines is 1. The van der Waals surface area contributed by atoms with Crippen molar-refractivity contribution < 1.29 is 14.3 Å². The summed E-state index contributed by atoms with van der Waals surface area (Å²) in [5.74, 6) is 1.18. The number of carbonyl (C=O) groups excluding carboxylic acids is 1. The summed E-state index contributed by atoms with van der Waals surface area (Å²) < 4.78 is 12.0. The highest BCUT2D eigenvalue weighted by molar-refractivity contribution is 9.10. The van der Waals surface area contributed by atoms with E-state index in [0.29, 0.717) is 30.4 Å². The number of nitrogens with zero attached hydrogens (tertiary/aromatic N) is 1. The van der Waals surface area contributed by atoms with Gasteiger partial charge in [-0.05, 0) is 43.7 Å². The van der Waals surface area contributed by atoms with E-state index in [0.717, 1.165) is 10.0 Å². The molecule has 122 valence electrons. The first-order valence-corrected chi connectivity index (χ1v) is 8.21. The molecule has 23 heavy (non-hydrogen) atoms. The molecule has 0 aliphatic heterocycles. The summed E-state index contributed by atoms with van der Waals surface area (Å²) in [7, 11) is 0. The maximum atomic E-state index is 12.2. The molecule has 0 atom stereocenters. The van der Waals surface area contributed by atoms with E-state index in [2.05, 4.69) is 26.2 Å². The maximum Gasteiger partial charge on any atom is 0.228 e. The lowest BCUT2D eigenvalue weighted by Gasteiger charge is -2.14. The van der Waals surface area contributed by atoms with E-state index in [1.54, 1.807) is 24.5 Å². The van der Waals surface area contributed by atoms with Crippen molar-refractivity contribution in [1.29, 1.82) is 0 Å². The van der Waals surface area contributed by atoms with Gasteiger partial charge in [-0.25, -0.2) is 0 Å². The van der Waals surface area contributed by atoms with Crippen LogP contribution in [0.15, 0.2) is 41.1 Å². The molecule has 0 saturated heterocycles. The van der Waals surface area contributed by atoms with Crippen LogP contribution in [-0.2, 0) is 11.2 Å². The van der Waals surface area contributed by atoms with Crippen molar-refractivity contribution in [2.45, 2.75) is 20.3 Å². The predicted octanol–water partition coefficient (Wildman–Crippen LogP) is 3.82. The molecule has 1 heterocycles. The van der Waals surface area contributed by atoms with Crippen molar-refractivity contribution in [3.63, 3.8) is 0 Å². The van der Waals surface area contributed by atoms with Gasteiger partial charge in [-0.3, -0.25) is 9.78 Å². The van der Waals surface area contributed by atoms with Gasteiger partial charge in [-0.1, -0.05) is 15.9 Å². The third-order valence-corrected chi connectivity index (χ3v) is 3.75. The van der Waals surface area contributed by atoms with Gasteiger partial charge in [0.15, 0.2) is 11.5 Å². The number of carbonyl (C=O) groups is 1. The summed E-state index contributed by atoms with van der Waals surface area (Å²) in [6, 6.07) is 7.24. The fourth-order valence-electron chi connectivity index (χ4n) is 2.06. The highest BCUT2D eigenvalue weighted by Crippen LogP contribution is 2.34. The topological polar surface area (TPSA) is 60.5 Å². The van der Waals surface area contributed by atoms with Crippen molar-refractivity contribution in [2.24, 2.45) is 0 Å². The van der Waals surface area contributed by atoms with Crippen molar-refractivity contribution in [1.82, 2.24) is 4.98 Å². The van der Waals surface area contributed by atoms with Crippen LogP contribution in [0.3, 0.4) is 0 Å². The summed E-state index contributed by atoms with van der Waals surface area (Å²) in [5, 5.41) is 2.81. The fourth-order valence-corrected chi connectivity index (χ4v) is 2.53. The summed E-state index contributed by atoms with van der Waals surface area (Å²) in [6.45, 7) is 4.90. The van der Waals surface area contributed by atoms with Gasteiger partial charge in [-0.2, -0.15) is 0 Å². The average molecular weight is 379 g/mol. The summed E-state index contributed by atoms with van der Waals surface area (Å²) >= 11 is 3.49. The number of hydrogen-bond acceptors (Lipinski definition) is 4. The highest BCUT2D eigenvalue weighted by Gasteiger charge is 2.13. The Bertz CT molecular complexity index is 662. The van der Waals surface area contributed by atoms with Gasteiger partial charge in [0, 0.05) is 10.7 Å². The molecule has 0 bridgehead atoms. The van der Waals surface area contributed by atoms with Gasteiger partial charge in [0.2, 0.25) is 5.91 Å². The Hall–Kier alpha value is -2.08. The Kier molecular flexibility index (Phi) is 6.40. The number of nitrogens with one attached hydrogen (secondary N) is 1. The number of rotatable bonds is 7. The second-order valence-corrected chi connectivity index (χ2v) is 5.58. The normalized spacial score (nSPS) is 10.2. The van der Waals surface area contributed by atoms with Gasteiger partial charge in [0.05, 0.1) is 31.5 Å². The third-order valence-electron chi connectivity index (χ3n) is 3.01. The Morgan fingerprint density at radius 1 is 1.22 bits per heavy atom. The number of amides is 1. The van der Waals surface area contributed by atoms with Crippen LogP contribution in [0.1, 0.15) is 19.4 Å². The maximum absolute atomic E-state index is 12.2. The minimum Gasteiger partial charge on any atom is -0.490 e. The van der Waals surface area contributed by atoms with Crippen LogP contribution in [0, 0.1) is 0 Å². The van der Waals surface area contributed by atoms with Crippen molar-refractivity contribution in [3.8, 4) is 11.5 Å². The molecule has 0 radical (unpaired) electrons. The van der Waals surface area contributed by atoms with E-state index in [9.17, 15) is 4.79 Å². The van der Waals surface area contributed by atoms with Crippen molar-refractivity contribution in [2.75, 3.05) is 18.5 Å². The fraction of sp³-hybridized carbons (Fsp3) is 0.294. The zero-order valence-electron chi connectivity index (χ0n) is 13.1. The number of pyridine rings is 1. The van der Waals surface area contributed by atoms with E-state index in [-0.39, 0.29) is 12.3 Å². The van der Waals surface area contributed by atoms with Crippen LogP contribution in [0.4, 0.5) is 5.69 Å². The lowest BCUT2D eigenvalue weighted by atomic mass is 10.1. The monoisotopic (exact) mass is 378 g/mol. The molecule has 0 unspecified atom stereocenters. The Morgan fingerprint density at radius 2 is 1.91 bits per heavy atom. The van der Waals surface area contributed by atoms with Crippen LogP contribution in [0.5, 0.6) is 11.5 Å². The molecule has 0 aliphatic carbocycles. The third kappa shape index (κ3) is 4.96. The van der Waals surface area contributed by atoms with E-state index in [4.69, 9.17) is 9.47 Å². The molecule has 0 fully saturated rings. The van der Waals surface area contributed by atoms with Crippen molar-refractivity contribution in [3.05, 3.63) is 46.7 Å². The zero-order chi connectivity index (χ0) is 16.7. The first-order valence-electron chi connectivity index (χ1n) is 7.42. The standard InChI is InChI=1S/C17H19BrN2O3/c1-3-22-15-8-12(14(18)10-16(15)23-4-2)9-17(21)20-13-6-5-7-19-11-13/h5-8,10-11H,3-4,9H2,1-2H3,(H,20,21). The molecule has 5 nitrogen and oxygen atoms in total. The number of halogens is 1. The minimum atomic E-state index is -0.120. The van der Waals surface area contributed by atoms with Crippen LogP contribution in [-0.4, -0.2) is 24.1 Å². The molecule has 6 heteroatoms. The molecule has 0 spiro atoms. The molecule has 0 aliphatic rings. The number of hydrogen-bond donors (Lipinski definition) is 1. The van der Waals surface area contributed by atoms with Crippen molar-refractivity contribution >= 4 is 27.5 Å². The molecule has 1 amide bonds. The highest BCUT2D eigenvalue weighted by atomic mass is 79.9. The molecule has 2 aromatic rings. The number of aromatic nitrogens is 1. The molecule has 0 saturated carbocycles. The minimum absolute atomic E-state index is 0.120. The van der Waals surface area contributed by atoms with Gasteiger partial charge in [-0.15, -0.1) is 0 Å². The van der Waals surface area contributed by atoms with Crippen LogP contribution < -0.4 is 14.8 Å². The molecule has 2 rings (SSSR count). The van der Waals surface area contributed by atoms with Gasteiger partial charge >= 0.3 is 0 Å². The first-order chi connectivity index (χ1) is 11.1. The molecule has 1 aromatic carbocycles. The first kappa shape index (κ1) is 17.3. The quantitative estimate of drug-likeness (QED) is 0.795. The average Bonchev–Trinajstić information content (AvgIpc) is 2.53. The summed E-state index contributed by atoms with van der Waals surface area (Å²) in [5.41, 5.74) is 1.50.